The Bertz CT molecular complexity index is 215. The molecule has 0 N–H and O–H groups in total. The van der Waals surface area contributed by atoms with E-state index in [0.29, 0.717) is 79.1 Å². The third kappa shape index (κ3) is 19.2. The summed E-state index contributed by atoms with van der Waals surface area (Å²) in [7, 11) is 1.64. The van der Waals surface area contributed by atoms with Crippen LogP contribution in [0.1, 0.15) is 0 Å². The first-order chi connectivity index (χ1) is 10.9. The second-order valence-electron chi connectivity index (χ2n) is 4.02. The van der Waals surface area contributed by atoms with Crippen LogP contribution in [0, 0.1) is 0 Å². The third-order valence-corrected chi connectivity index (χ3v) is 2.33. The van der Waals surface area contributed by atoms with Gasteiger partial charge in [0.1, 0.15) is 6.61 Å². The molecule has 0 atom stereocenters. The van der Waals surface area contributed by atoms with Crippen LogP contribution in [0.2, 0.25) is 0 Å². The highest BCUT2D eigenvalue weighted by atomic mass is 16.6. The largest absolute Gasteiger partial charge is 0.465 e. The molecule has 0 aromatic heterocycles. The van der Waals surface area contributed by atoms with E-state index in [9.17, 15) is 4.79 Å². The summed E-state index contributed by atoms with van der Waals surface area (Å²) < 4.78 is 35.6. The Morgan fingerprint density at radius 1 is 0.545 bits per heavy atom. The van der Waals surface area contributed by atoms with Gasteiger partial charge in [-0.2, -0.15) is 0 Å². The number of hydrogen-bond acceptors (Lipinski definition) is 8. The molecule has 0 aliphatic heterocycles. The van der Waals surface area contributed by atoms with Crippen LogP contribution in [0.4, 0.5) is 0 Å². The van der Waals surface area contributed by atoms with E-state index in [1.54, 1.807) is 7.11 Å². The molecule has 132 valence electrons. The highest BCUT2D eigenvalue weighted by Crippen LogP contribution is 1.84. The lowest BCUT2D eigenvalue weighted by Gasteiger charge is -2.07. The molecule has 0 unspecified atom stereocenters. The van der Waals surface area contributed by atoms with Gasteiger partial charge < -0.3 is 33.2 Å². The third-order valence-electron chi connectivity index (χ3n) is 2.33. The molecule has 0 aliphatic rings. The Balaban J connectivity index is 2.92. The Kier molecular flexibility index (Phi) is 19.5. The zero-order valence-corrected chi connectivity index (χ0v) is 13.3. The first kappa shape index (κ1) is 21.2. The van der Waals surface area contributed by atoms with Gasteiger partial charge in [0.25, 0.3) is 6.47 Å². The first-order valence-electron chi connectivity index (χ1n) is 7.34. The van der Waals surface area contributed by atoms with Gasteiger partial charge in [0.15, 0.2) is 0 Å². The monoisotopic (exact) mass is 324 g/mol. The summed E-state index contributed by atoms with van der Waals surface area (Å²) in [4.78, 5) is 9.84. The van der Waals surface area contributed by atoms with Gasteiger partial charge in [-0.15, -0.1) is 0 Å². The van der Waals surface area contributed by atoms with Crippen molar-refractivity contribution in [1.29, 1.82) is 0 Å². The predicted molar refractivity (Wildman–Crippen MR) is 78.0 cm³/mol. The number of hydrogen-bond donors (Lipinski definition) is 0. The van der Waals surface area contributed by atoms with Crippen LogP contribution in [0.25, 0.3) is 0 Å². The molecule has 0 aromatic carbocycles. The summed E-state index contributed by atoms with van der Waals surface area (Å²) in [5.74, 6) is 0. The zero-order valence-electron chi connectivity index (χ0n) is 13.3. The van der Waals surface area contributed by atoms with Crippen LogP contribution < -0.4 is 0 Å². The molecule has 0 radical (unpaired) electrons. The lowest BCUT2D eigenvalue weighted by atomic mass is 10.7. The molecular formula is C14H28O8. The second-order valence-corrected chi connectivity index (χ2v) is 4.02. The molecule has 0 bridgehead atoms. The minimum Gasteiger partial charge on any atom is -0.465 e. The molecule has 0 amide bonds. The lowest BCUT2D eigenvalue weighted by molar-refractivity contribution is -0.130. The summed E-state index contributed by atoms with van der Waals surface area (Å²) in [5.41, 5.74) is 0. The number of methoxy groups -OCH3 is 1. The lowest BCUT2D eigenvalue weighted by Crippen LogP contribution is -2.14. The minimum absolute atomic E-state index is 0.268. The molecule has 0 aliphatic carbocycles. The van der Waals surface area contributed by atoms with E-state index in [-0.39, 0.29) is 6.61 Å². The summed E-state index contributed by atoms with van der Waals surface area (Å²) in [6, 6.07) is 0. The van der Waals surface area contributed by atoms with E-state index in [2.05, 4.69) is 4.74 Å². The van der Waals surface area contributed by atoms with Crippen molar-refractivity contribution in [1.82, 2.24) is 0 Å². The molecule has 0 fully saturated rings. The average Bonchev–Trinajstić information content (AvgIpc) is 2.54. The number of ether oxygens (including phenoxy) is 7. The van der Waals surface area contributed by atoms with Crippen molar-refractivity contribution >= 4 is 6.47 Å². The van der Waals surface area contributed by atoms with Crippen molar-refractivity contribution in [2.24, 2.45) is 0 Å². The molecule has 8 heteroatoms. The number of carbonyl (C=O) groups excluding carboxylic acids is 1. The molecule has 0 saturated heterocycles. The van der Waals surface area contributed by atoms with E-state index in [0.717, 1.165) is 0 Å². The Labute approximate surface area is 131 Å². The summed E-state index contributed by atoms with van der Waals surface area (Å²) >= 11 is 0. The fourth-order valence-electron chi connectivity index (χ4n) is 1.28. The van der Waals surface area contributed by atoms with Crippen LogP contribution in [0.3, 0.4) is 0 Å². The predicted octanol–water partition coefficient (Wildman–Crippen LogP) is -0.111. The van der Waals surface area contributed by atoms with Crippen molar-refractivity contribution in [2.45, 2.75) is 0 Å². The Hall–Kier alpha value is -0.770. The van der Waals surface area contributed by atoms with E-state index in [4.69, 9.17) is 28.4 Å². The van der Waals surface area contributed by atoms with E-state index < -0.39 is 0 Å². The van der Waals surface area contributed by atoms with Gasteiger partial charge in [-0.25, -0.2) is 0 Å². The van der Waals surface area contributed by atoms with Crippen molar-refractivity contribution in [3.63, 3.8) is 0 Å². The van der Waals surface area contributed by atoms with Crippen LogP contribution >= 0.6 is 0 Å². The van der Waals surface area contributed by atoms with Gasteiger partial charge in [0.2, 0.25) is 0 Å². The smallest absolute Gasteiger partial charge is 0.293 e. The van der Waals surface area contributed by atoms with Gasteiger partial charge in [0.05, 0.1) is 72.7 Å². The van der Waals surface area contributed by atoms with Crippen molar-refractivity contribution in [2.75, 3.05) is 86.4 Å². The topological polar surface area (TPSA) is 81.7 Å². The standard InChI is InChI=1S/C14H28O8/c1-16-2-3-17-4-5-18-6-7-19-8-9-20-10-11-21-12-13-22-14-15/h14H,2-13H2,1H3. The number of carbonyl (C=O) groups is 1. The molecular weight excluding hydrogens is 296 g/mol. The fourth-order valence-corrected chi connectivity index (χ4v) is 1.28. The minimum atomic E-state index is 0.268. The SMILES string of the molecule is COCCOCCOCCOCCOCCOCCOC=O. The van der Waals surface area contributed by atoms with Gasteiger partial charge in [-0.05, 0) is 0 Å². The maximum absolute atomic E-state index is 9.84. The van der Waals surface area contributed by atoms with Crippen molar-refractivity contribution in [3.05, 3.63) is 0 Å². The van der Waals surface area contributed by atoms with Crippen molar-refractivity contribution in [3.8, 4) is 0 Å². The molecule has 22 heavy (non-hydrogen) atoms. The van der Waals surface area contributed by atoms with Gasteiger partial charge in [-0.3, -0.25) is 4.79 Å². The molecule has 8 nitrogen and oxygen atoms in total. The maximum atomic E-state index is 9.84. The molecule has 0 rings (SSSR count). The van der Waals surface area contributed by atoms with Crippen LogP contribution in [-0.4, -0.2) is 92.9 Å². The summed E-state index contributed by atoms with van der Waals surface area (Å²) in [6.45, 7) is 6.38. The first-order valence-corrected chi connectivity index (χ1v) is 7.34. The van der Waals surface area contributed by atoms with E-state index in [1.165, 1.54) is 0 Å². The van der Waals surface area contributed by atoms with Crippen LogP contribution in [-0.2, 0) is 38.0 Å². The molecule has 0 spiro atoms. The average molecular weight is 324 g/mol. The molecule has 0 heterocycles. The Morgan fingerprint density at radius 3 is 1.18 bits per heavy atom. The quantitative estimate of drug-likeness (QED) is 0.240. The highest BCUT2D eigenvalue weighted by molar-refractivity contribution is 5.36. The summed E-state index contributed by atoms with van der Waals surface area (Å²) in [6.07, 6.45) is 0. The number of rotatable bonds is 19. The molecule has 0 saturated carbocycles. The summed E-state index contributed by atoms with van der Waals surface area (Å²) in [5, 5.41) is 0. The zero-order chi connectivity index (χ0) is 16.1. The van der Waals surface area contributed by atoms with Gasteiger partial charge >= 0.3 is 0 Å². The second kappa shape index (κ2) is 20.2. The van der Waals surface area contributed by atoms with Crippen molar-refractivity contribution < 1.29 is 38.0 Å². The van der Waals surface area contributed by atoms with E-state index in [1.807, 2.05) is 0 Å². The van der Waals surface area contributed by atoms with Crippen LogP contribution in [0.15, 0.2) is 0 Å². The molecule has 0 aromatic rings. The van der Waals surface area contributed by atoms with Gasteiger partial charge in [-0.1, -0.05) is 0 Å². The fraction of sp³-hybridized carbons (Fsp3) is 0.929. The normalized spacial score (nSPS) is 10.8. The maximum Gasteiger partial charge on any atom is 0.293 e. The van der Waals surface area contributed by atoms with Crippen LogP contribution in [0.5, 0.6) is 0 Å². The van der Waals surface area contributed by atoms with Gasteiger partial charge in [0, 0.05) is 7.11 Å². The Morgan fingerprint density at radius 2 is 0.864 bits per heavy atom. The van der Waals surface area contributed by atoms with E-state index >= 15 is 0 Å². The highest BCUT2D eigenvalue weighted by Gasteiger charge is 1.93.